The van der Waals surface area contributed by atoms with Crippen LogP contribution in [-0.4, -0.2) is 38.7 Å². The van der Waals surface area contributed by atoms with Crippen LogP contribution in [-0.2, 0) is 25.5 Å². The van der Waals surface area contributed by atoms with Crippen LogP contribution < -0.4 is 5.32 Å². The predicted octanol–water partition coefficient (Wildman–Crippen LogP) is 4.29. The molecule has 0 fully saturated rings. The quantitative estimate of drug-likeness (QED) is 0.610. The number of carbonyl (C=O) groups is 2. The summed E-state index contributed by atoms with van der Waals surface area (Å²) >= 11 is 12.1. The summed E-state index contributed by atoms with van der Waals surface area (Å²) in [6.45, 7) is -0.0246. The summed E-state index contributed by atoms with van der Waals surface area (Å²) in [5.74, 6) is -0.526. The molecule has 150 valence electrons. The zero-order chi connectivity index (χ0) is 20.5. The van der Waals surface area contributed by atoms with Crippen LogP contribution in [0.4, 0.5) is 0 Å². The maximum atomic E-state index is 11.9. The third-order valence-corrected chi connectivity index (χ3v) is 4.63. The number of carbonyl (C=O) groups excluding carboxylic acids is 2. The van der Waals surface area contributed by atoms with Gasteiger partial charge in [-0.2, -0.15) is 0 Å². The van der Waals surface area contributed by atoms with Gasteiger partial charge >= 0.3 is 5.97 Å². The van der Waals surface area contributed by atoms with E-state index in [4.69, 9.17) is 27.9 Å². The highest BCUT2D eigenvalue weighted by Crippen LogP contribution is 2.27. The Morgan fingerprint density at radius 2 is 1.64 bits per heavy atom. The molecule has 0 aromatic heterocycles. The molecular formula is C21H23Cl2NO4. The number of benzene rings is 2. The second-order valence-corrected chi connectivity index (χ2v) is 7.24. The van der Waals surface area contributed by atoms with Crippen LogP contribution in [0.5, 0.6) is 0 Å². The lowest BCUT2D eigenvalue weighted by molar-refractivity contribution is -0.141. The number of halogens is 2. The average Bonchev–Trinajstić information content (AvgIpc) is 2.65. The number of esters is 1. The van der Waals surface area contributed by atoms with Gasteiger partial charge in [0.25, 0.3) is 0 Å². The molecule has 2 aromatic rings. The van der Waals surface area contributed by atoms with Crippen molar-refractivity contribution in [2.24, 2.45) is 0 Å². The van der Waals surface area contributed by atoms with Gasteiger partial charge in [-0.15, -0.1) is 0 Å². The van der Waals surface area contributed by atoms with Gasteiger partial charge in [0.05, 0.1) is 7.11 Å². The normalized spacial score (nSPS) is 11.7. The molecule has 7 heteroatoms. The molecule has 0 aliphatic heterocycles. The third kappa shape index (κ3) is 7.15. The van der Waals surface area contributed by atoms with Gasteiger partial charge in [0.15, 0.2) is 0 Å². The first-order chi connectivity index (χ1) is 13.4. The summed E-state index contributed by atoms with van der Waals surface area (Å²) in [6, 6.07) is 13.1. The molecule has 1 amide bonds. The molecule has 2 rings (SSSR count). The van der Waals surface area contributed by atoms with Crippen LogP contribution in [0.15, 0.2) is 42.5 Å². The minimum Gasteiger partial charge on any atom is -0.469 e. The minimum atomic E-state index is -0.306. The van der Waals surface area contributed by atoms with Gasteiger partial charge in [-0.3, -0.25) is 9.59 Å². The van der Waals surface area contributed by atoms with E-state index in [-0.39, 0.29) is 30.9 Å². The van der Waals surface area contributed by atoms with E-state index in [1.807, 2.05) is 36.4 Å². The van der Waals surface area contributed by atoms with E-state index in [1.54, 1.807) is 6.07 Å². The van der Waals surface area contributed by atoms with Gasteiger partial charge in [0, 0.05) is 29.6 Å². The van der Waals surface area contributed by atoms with Crippen molar-refractivity contribution < 1.29 is 19.1 Å². The van der Waals surface area contributed by atoms with E-state index in [9.17, 15) is 9.59 Å². The van der Waals surface area contributed by atoms with Crippen LogP contribution in [0.1, 0.15) is 18.4 Å². The Bertz CT molecular complexity index is 788. The topological polar surface area (TPSA) is 64.6 Å². The molecule has 0 bridgehead atoms. The first-order valence-corrected chi connectivity index (χ1v) is 9.57. The molecule has 0 radical (unpaired) electrons. The molecule has 0 saturated heterocycles. The van der Waals surface area contributed by atoms with Gasteiger partial charge in [-0.25, -0.2) is 0 Å². The summed E-state index contributed by atoms with van der Waals surface area (Å²) in [5.41, 5.74) is 2.95. The van der Waals surface area contributed by atoms with E-state index in [0.29, 0.717) is 22.9 Å². The van der Waals surface area contributed by atoms with E-state index < -0.39 is 0 Å². The summed E-state index contributed by atoms with van der Waals surface area (Å²) in [6.07, 6.45) is 1.30. The minimum absolute atomic E-state index is 0.0246. The molecule has 1 atom stereocenters. The summed E-state index contributed by atoms with van der Waals surface area (Å²) in [5, 5.41) is 4.06. The van der Waals surface area contributed by atoms with Crippen molar-refractivity contribution in [3.63, 3.8) is 0 Å². The number of amides is 1. The Labute approximate surface area is 174 Å². The summed E-state index contributed by atoms with van der Waals surface area (Å²) in [7, 11) is 2.81. The number of hydrogen-bond donors (Lipinski definition) is 1. The molecule has 28 heavy (non-hydrogen) atoms. The summed E-state index contributed by atoms with van der Waals surface area (Å²) in [4.78, 5) is 23.3. The van der Waals surface area contributed by atoms with Crippen molar-refractivity contribution in [1.29, 1.82) is 0 Å². The molecule has 1 N–H and O–H groups in total. The Hall–Kier alpha value is -2.08. The van der Waals surface area contributed by atoms with Crippen molar-refractivity contribution in [3.05, 3.63) is 58.1 Å². The van der Waals surface area contributed by atoms with Gasteiger partial charge in [0.2, 0.25) is 5.91 Å². The van der Waals surface area contributed by atoms with Crippen molar-refractivity contribution in [3.8, 4) is 11.1 Å². The standard InChI is InChI=1S/C21H23Cl2NO4/c1-27-13-20(25)24-19(7-8-21(26)28-2)9-14-3-5-15(6-4-14)16-10-17(22)12-18(23)11-16/h3-6,10-12,19H,7-9,13H2,1-2H3,(H,24,25). The van der Waals surface area contributed by atoms with Crippen LogP contribution in [0.2, 0.25) is 10.0 Å². The number of nitrogens with one attached hydrogen (secondary N) is 1. The van der Waals surface area contributed by atoms with E-state index in [1.165, 1.54) is 14.2 Å². The third-order valence-electron chi connectivity index (χ3n) is 4.20. The highest BCUT2D eigenvalue weighted by molar-refractivity contribution is 6.35. The zero-order valence-electron chi connectivity index (χ0n) is 15.8. The van der Waals surface area contributed by atoms with Crippen molar-refractivity contribution in [2.75, 3.05) is 20.8 Å². The van der Waals surface area contributed by atoms with Crippen LogP contribution in [0, 0.1) is 0 Å². The lowest BCUT2D eigenvalue weighted by Gasteiger charge is -2.18. The molecule has 1 unspecified atom stereocenters. The predicted molar refractivity (Wildman–Crippen MR) is 111 cm³/mol. The Morgan fingerprint density at radius 3 is 2.21 bits per heavy atom. The molecule has 0 heterocycles. The maximum Gasteiger partial charge on any atom is 0.305 e. The fourth-order valence-corrected chi connectivity index (χ4v) is 3.38. The maximum absolute atomic E-state index is 11.9. The first kappa shape index (κ1) is 22.2. The highest BCUT2D eigenvalue weighted by Gasteiger charge is 2.15. The highest BCUT2D eigenvalue weighted by atomic mass is 35.5. The monoisotopic (exact) mass is 423 g/mol. The fraction of sp³-hybridized carbons (Fsp3) is 0.333. The SMILES string of the molecule is COCC(=O)NC(CCC(=O)OC)Cc1ccc(-c2cc(Cl)cc(Cl)c2)cc1. The van der Waals surface area contributed by atoms with Gasteiger partial charge in [-0.05, 0) is 47.7 Å². The second-order valence-electron chi connectivity index (χ2n) is 6.37. The Kier molecular flexibility index (Phi) is 8.77. The molecule has 5 nitrogen and oxygen atoms in total. The molecule has 0 aliphatic rings. The van der Waals surface area contributed by atoms with Crippen molar-refractivity contribution in [1.82, 2.24) is 5.32 Å². The van der Waals surface area contributed by atoms with Crippen LogP contribution in [0.3, 0.4) is 0 Å². The van der Waals surface area contributed by atoms with Crippen LogP contribution in [0.25, 0.3) is 11.1 Å². The second kappa shape index (κ2) is 11.1. The zero-order valence-corrected chi connectivity index (χ0v) is 17.3. The average molecular weight is 424 g/mol. The smallest absolute Gasteiger partial charge is 0.305 e. The Morgan fingerprint density at radius 1 is 1.00 bits per heavy atom. The lowest BCUT2D eigenvalue weighted by atomic mass is 9.98. The summed E-state index contributed by atoms with van der Waals surface area (Å²) < 4.78 is 9.55. The van der Waals surface area contributed by atoms with Gasteiger partial charge in [-0.1, -0.05) is 47.5 Å². The van der Waals surface area contributed by atoms with Crippen molar-refractivity contribution >= 4 is 35.1 Å². The number of hydrogen-bond acceptors (Lipinski definition) is 4. The van der Waals surface area contributed by atoms with E-state index in [0.717, 1.165) is 16.7 Å². The largest absolute Gasteiger partial charge is 0.469 e. The first-order valence-electron chi connectivity index (χ1n) is 8.81. The molecule has 2 aromatic carbocycles. The molecule has 0 saturated carbocycles. The number of methoxy groups -OCH3 is 2. The number of ether oxygens (including phenoxy) is 2. The van der Waals surface area contributed by atoms with Gasteiger partial charge < -0.3 is 14.8 Å². The number of rotatable bonds is 9. The Balaban J connectivity index is 2.09. The molecular weight excluding hydrogens is 401 g/mol. The van der Waals surface area contributed by atoms with E-state index >= 15 is 0 Å². The lowest BCUT2D eigenvalue weighted by Crippen LogP contribution is -2.38. The van der Waals surface area contributed by atoms with Gasteiger partial charge in [0.1, 0.15) is 6.61 Å². The van der Waals surface area contributed by atoms with E-state index in [2.05, 4.69) is 10.1 Å². The molecule has 0 spiro atoms. The van der Waals surface area contributed by atoms with Crippen molar-refractivity contribution in [2.45, 2.75) is 25.3 Å². The fourth-order valence-electron chi connectivity index (χ4n) is 2.86. The van der Waals surface area contributed by atoms with Crippen LogP contribution >= 0.6 is 23.2 Å². The molecule has 0 aliphatic carbocycles.